The van der Waals surface area contributed by atoms with Crippen LogP contribution in [0.1, 0.15) is 67.2 Å². The van der Waals surface area contributed by atoms with E-state index in [2.05, 4.69) is 20.8 Å². The minimum Gasteiger partial charge on any atom is -0.230 e. The lowest BCUT2D eigenvalue weighted by atomic mass is 9.73. The van der Waals surface area contributed by atoms with Crippen LogP contribution in [0.25, 0.3) is 0 Å². The van der Waals surface area contributed by atoms with Gasteiger partial charge >= 0.3 is 0 Å². The molecule has 0 bridgehead atoms. The molecule has 1 rings (SSSR count). The fourth-order valence-corrected chi connectivity index (χ4v) is 2.08. The number of hydrogen-bond acceptors (Lipinski definition) is 0. The molecule has 85 valence electrons. The van der Waals surface area contributed by atoms with Gasteiger partial charge in [0.05, 0.1) is 5.60 Å². The smallest absolute Gasteiger partial charge is 0.0952 e. The molecule has 1 aliphatic rings. The summed E-state index contributed by atoms with van der Waals surface area (Å²) in [6.45, 7) is 12.1. The van der Waals surface area contributed by atoms with E-state index in [9.17, 15) is 5.11 Å². The second-order valence-electron chi connectivity index (χ2n) is 6.48. The Hall–Kier alpha value is -0.0400. The molecule has 1 aliphatic carbocycles. The highest BCUT2D eigenvalue weighted by atomic mass is 16.3. The Morgan fingerprint density at radius 3 is 1.86 bits per heavy atom. The van der Waals surface area contributed by atoms with Gasteiger partial charge in [-0.1, -0.05) is 33.6 Å². The first kappa shape index (κ1) is 14.0. The molecule has 1 saturated carbocycles. The van der Waals surface area contributed by atoms with Gasteiger partial charge in [-0.15, -0.1) is 0 Å². The highest BCUT2D eigenvalue weighted by Gasteiger charge is 2.24. The number of hydrogen-bond donors (Lipinski definition) is 0. The summed E-state index contributed by atoms with van der Waals surface area (Å²) in [6.07, 6.45) is 5.79. The Bertz CT molecular complexity index is 147. The van der Waals surface area contributed by atoms with Crippen molar-refractivity contribution in [2.45, 2.75) is 72.8 Å². The van der Waals surface area contributed by atoms with E-state index in [4.69, 9.17) is 0 Å². The van der Waals surface area contributed by atoms with Crippen molar-refractivity contribution < 1.29 is 5.11 Å². The highest BCUT2D eigenvalue weighted by molar-refractivity contribution is 4.76. The molecule has 0 aliphatic heterocycles. The maximum atomic E-state index is 10.1. The van der Waals surface area contributed by atoms with Crippen molar-refractivity contribution in [3.63, 3.8) is 0 Å². The van der Waals surface area contributed by atoms with Crippen molar-refractivity contribution in [1.29, 1.82) is 0 Å². The third kappa shape index (κ3) is 10.0. The minimum absolute atomic E-state index is 0.650. The van der Waals surface area contributed by atoms with E-state index in [1.54, 1.807) is 20.8 Å². The first-order valence-corrected chi connectivity index (χ1v) is 5.81. The molecule has 1 heteroatoms. The van der Waals surface area contributed by atoms with Crippen molar-refractivity contribution in [1.82, 2.24) is 0 Å². The molecule has 0 saturated heterocycles. The van der Waals surface area contributed by atoms with Crippen LogP contribution in [0.15, 0.2) is 0 Å². The van der Waals surface area contributed by atoms with Crippen LogP contribution in [0.5, 0.6) is 0 Å². The fraction of sp³-hybridized carbons (Fsp3) is 1.00. The maximum Gasteiger partial charge on any atom is 0.0952 e. The standard InChI is InChI=1S/C9H18.C4H9O/c1-8-5-4-6-9(2,3)7-8;1-4(2,3)5/h8H,4-7H2,1-3H3;1-3H3. The van der Waals surface area contributed by atoms with Crippen LogP contribution in [0, 0.1) is 11.3 Å². The van der Waals surface area contributed by atoms with Crippen LogP contribution in [-0.2, 0) is 5.11 Å². The lowest BCUT2D eigenvalue weighted by Gasteiger charge is -2.33. The van der Waals surface area contributed by atoms with Gasteiger partial charge < -0.3 is 0 Å². The normalized spacial score (nSPS) is 26.4. The maximum absolute atomic E-state index is 10.1. The molecule has 0 heterocycles. The minimum atomic E-state index is -0.750. The molecule has 1 fully saturated rings. The van der Waals surface area contributed by atoms with Crippen molar-refractivity contribution in [2.24, 2.45) is 11.3 Å². The predicted octanol–water partition coefficient (Wildman–Crippen LogP) is 4.44. The third-order valence-corrected chi connectivity index (χ3v) is 2.45. The van der Waals surface area contributed by atoms with Gasteiger partial charge in [-0.05, 0) is 44.9 Å². The Balaban J connectivity index is 0.000000292. The van der Waals surface area contributed by atoms with Crippen LogP contribution >= 0.6 is 0 Å². The average molecular weight is 199 g/mol. The molecule has 0 aromatic rings. The molecule has 14 heavy (non-hydrogen) atoms. The van der Waals surface area contributed by atoms with Crippen LogP contribution in [0.4, 0.5) is 0 Å². The van der Waals surface area contributed by atoms with E-state index in [-0.39, 0.29) is 0 Å². The van der Waals surface area contributed by atoms with E-state index in [0.717, 1.165) is 5.92 Å². The lowest BCUT2D eigenvalue weighted by molar-refractivity contribution is 0.0219. The summed E-state index contributed by atoms with van der Waals surface area (Å²) in [5.74, 6) is 0.980. The first-order valence-electron chi connectivity index (χ1n) is 5.81. The summed E-state index contributed by atoms with van der Waals surface area (Å²) < 4.78 is 0. The van der Waals surface area contributed by atoms with Gasteiger partial charge in [0.2, 0.25) is 0 Å². The molecular weight excluding hydrogens is 172 g/mol. The molecule has 0 spiro atoms. The summed E-state index contributed by atoms with van der Waals surface area (Å²) in [4.78, 5) is 0. The van der Waals surface area contributed by atoms with Crippen molar-refractivity contribution in [3.05, 3.63) is 0 Å². The van der Waals surface area contributed by atoms with Gasteiger partial charge in [0.15, 0.2) is 0 Å². The number of rotatable bonds is 0. The Labute approximate surface area is 89.9 Å². The molecule has 0 amide bonds. The Morgan fingerprint density at radius 2 is 1.64 bits per heavy atom. The molecule has 1 nitrogen and oxygen atoms in total. The first-order chi connectivity index (χ1) is 6.10. The van der Waals surface area contributed by atoms with Gasteiger partial charge in [-0.25, -0.2) is 5.11 Å². The average Bonchev–Trinajstić information content (AvgIpc) is 1.78. The van der Waals surface area contributed by atoms with Gasteiger partial charge in [0.25, 0.3) is 0 Å². The molecule has 0 aromatic carbocycles. The van der Waals surface area contributed by atoms with Crippen LogP contribution < -0.4 is 0 Å². The second-order valence-corrected chi connectivity index (χ2v) is 6.48. The summed E-state index contributed by atoms with van der Waals surface area (Å²) >= 11 is 0. The van der Waals surface area contributed by atoms with Gasteiger partial charge in [0.1, 0.15) is 0 Å². The van der Waals surface area contributed by atoms with E-state index in [0.29, 0.717) is 5.41 Å². The zero-order valence-electron chi connectivity index (χ0n) is 10.8. The quantitative estimate of drug-likeness (QED) is 0.549. The summed E-state index contributed by atoms with van der Waals surface area (Å²) in [5.41, 5.74) is -0.0995. The van der Waals surface area contributed by atoms with E-state index in [1.165, 1.54) is 25.7 Å². The summed E-state index contributed by atoms with van der Waals surface area (Å²) in [7, 11) is 0. The Morgan fingerprint density at radius 1 is 1.21 bits per heavy atom. The molecule has 0 aromatic heterocycles. The topological polar surface area (TPSA) is 19.9 Å². The molecule has 1 atom stereocenters. The monoisotopic (exact) mass is 199 g/mol. The second kappa shape index (κ2) is 5.16. The fourth-order valence-electron chi connectivity index (χ4n) is 2.08. The third-order valence-electron chi connectivity index (χ3n) is 2.45. The van der Waals surface area contributed by atoms with Crippen LogP contribution in [0.2, 0.25) is 0 Å². The summed E-state index contributed by atoms with van der Waals surface area (Å²) in [6, 6.07) is 0. The molecule has 0 N–H and O–H groups in total. The Kier molecular flexibility index (Phi) is 5.14. The van der Waals surface area contributed by atoms with Crippen LogP contribution in [-0.4, -0.2) is 5.60 Å². The van der Waals surface area contributed by atoms with E-state index >= 15 is 0 Å². The largest absolute Gasteiger partial charge is 0.230 e. The van der Waals surface area contributed by atoms with Gasteiger partial charge in [-0.2, -0.15) is 0 Å². The van der Waals surface area contributed by atoms with Gasteiger partial charge in [-0.3, -0.25) is 0 Å². The van der Waals surface area contributed by atoms with Crippen molar-refractivity contribution >= 4 is 0 Å². The SMILES string of the molecule is CC(C)(C)[O].CC1CCCC(C)(C)C1. The van der Waals surface area contributed by atoms with Gasteiger partial charge in [0, 0.05) is 0 Å². The lowest BCUT2D eigenvalue weighted by Crippen LogP contribution is -2.20. The zero-order chi connectivity index (χ0) is 11.4. The molecule has 1 unspecified atom stereocenters. The summed E-state index contributed by atoms with van der Waals surface area (Å²) in [5, 5.41) is 10.1. The molecule has 1 radical (unpaired) electrons. The zero-order valence-corrected chi connectivity index (χ0v) is 10.8. The predicted molar refractivity (Wildman–Crippen MR) is 61.9 cm³/mol. The van der Waals surface area contributed by atoms with Crippen LogP contribution in [0.3, 0.4) is 0 Å². The molecular formula is C13H27O. The highest BCUT2D eigenvalue weighted by Crippen LogP contribution is 2.37. The van der Waals surface area contributed by atoms with Crippen molar-refractivity contribution in [2.75, 3.05) is 0 Å². The van der Waals surface area contributed by atoms with E-state index in [1.807, 2.05) is 0 Å². The van der Waals surface area contributed by atoms with Crippen molar-refractivity contribution in [3.8, 4) is 0 Å². The van der Waals surface area contributed by atoms with E-state index < -0.39 is 5.60 Å².